The molecule has 0 radical (unpaired) electrons. The number of rotatable bonds is 2. The lowest BCUT2D eigenvalue weighted by Gasteiger charge is -2.11. The molecule has 0 bridgehead atoms. The van der Waals surface area contributed by atoms with Gasteiger partial charge in [0.05, 0.1) is 12.6 Å². The van der Waals surface area contributed by atoms with Gasteiger partial charge in [-0.25, -0.2) is 4.98 Å². The van der Waals surface area contributed by atoms with Gasteiger partial charge in [-0.05, 0) is 36.4 Å². The first-order chi connectivity index (χ1) is 9.83. The number of hydrogen-bond donors (Lipinski definition) is 1. The quantitative estimate of drug-likeness (QED) is 0.568. The maximum absolute atomic E-state index is 5.38. The molecule has 0 fully saturated rings. The van der Waals surface area contributed by atoms with Crippen LogP contribution in [-0.2, 0) is 0 Å². The highest BCUT2D eigenvalue weighted by Crippen LogP contribution is 2.18. The first kappa shape index (κ1) is 12.2. The second-order valence-corrected chi connectivity index (χ2v) is 4.28. The largest absolute Gasteiger partial charge is 0.497 e. The molecular weight excluding hydrogens is 252 g/mol. The van der Waals surface area contributed by atoms with Crippen LogP contribution >= 0.6 is 0 Å². The minimum absolute atomic E-state index is 0.533. The summed E-state index contributed by atoms with van der Waals surface area (Å²) in [6.45, 7) is 0. The van der Waals surface area contributed by atoms with Gasteiger partial charge in [-0.3, -0.25) is 0 Å². The Morgan fingerprint density at radius 2 is 1.85 bits per heavy atom. The molecule has 3 aromatic rings. The van der Waals surface area contributed by atoms with E-state index in [4.69, 9.17) is 10.6 Å². The van der Waals surface area contributed by atoms with Crippen LogP contribution in [0.5, 0.6) is 5.75 Å². The molecule has 5 nitrogen and oxygen atoms in total. The lowest BCUT2D eigenvalue weighted by Crippen LogP contribution is -2.15. The van der Waals surface area contributed by atoms with E-state index in [1.54, 1.807) is 13.4 Å². The van der Waals surface area contributed by atoms with Crippen molar-refractivity contribution in [2.45, 2.75) is 0 Å². The number of aromatic nitrogens is 2. The van der Waals surface area contributed by atoms with E-state index in [0.29, 0.717) is 5.49 Å². The van der Waals surface area contributed by atoms with E-state index < -0.39 is 0 Å². The summed E-state index contributed by atoms with van der Waals surface area (Å²) in [5.74, 6) is 6.20. The Kier molecular flexibility index (Phi) is 3.09. The highest BCUT2D eigenvalue weighted by molar-refractivity contribution is 5.79. The van der Waals surface area contributed by atoms with Gasteiger partial charge in [0.25, 0.3) is 0 Å². The van der Waals surface area contributed by atoms with Gasteiger partial charge in [-0.2, -0.15) is 5.10 Å². The Morgan fingerprint density at radius 3 is 2.55 bits per heavy atom. The van der Waals surface area contributed by atoms with E-state index in [9.17, 15) is 0 Å². The summed E-state index contributed by atoms with van der Waals surface area (Å²) in [5, 5.41) is 4.63. The first-order valence-corrected chi connectivity index (χ1v) is 6.18. The van der Waals surface area contributed by atoms with Crippen molar-refractivity contribution in [2.75, 3.05) is 7.11 Å². The fourth-order valence-electron chi connectivity index (χ4n) is 2.17. The smallest absolute Gasteiger partial charge is 0.182 e. The van der Waals surface area contributed by atoms with Crippen molar-refractivity contribution in [3.05, 3.63) is 60.3 Å². The van der Waals surface area contributed by atoms with Gasteiger partial charge in [-0.15, -0.1) is 0 Å². The fourth-order valence-corrected chi connectivity index (χ4v) is 2.17. The molecule has 0 amide bonds. The monoisotopic (exact) mass is 266 g/mol. The zero-order valence-corrected chi connectivity index (χ0v) is 11.0. The predicted octanol–water partition coefficient (Wildman–Crippen LogP) is 1.81. The van der Waals surface area contributed by atoms with Gasteiger partial charge in [0.2, 0.25) is 0 Å². The Labute approximate surface area is 116 Å². The molecular formula is C15H14N4O. The van der Waals surface area contributed by atoms with Crippen LogP contribution in [0.15, 0.2) is 60.0 Å². The third-order valence-electron chi connectivity index (χ3n) is 3.17. The highest BCUT2D eigenvalue weighted by Gasteiger charge is 2.04. The molecule has 100 valence electrons. The molecule has 0 aliphatic rings. The molecule has 0 spiro atoms. The molecule has 5 heteroatoms. The molecule has 20 heavy (non-hydrogen) atoms. The summed E-state index contributed by atoms with van der Waals surface area (Å²) in [5.41, 5.74) is 2.53. The molecule has 2 N–H and O–H groups in total. The van der Waals surface area contributed by atoms with Crippen molar-refractivity contribution in [2.24, 2.45) is 10.9 Å². The van der Waals surface area contributed by atoms with Crippen LogP contribution in [-0.4, -0.2) is 16.7 Å². The lowest BCUT2D eigenvalue weighted by atomic mass is 10.2. The maximum atomic E-state index is 5.38. The summed E-state index contributed by atoms with van der Waals surface area (Å²) in [4.78, 5) is 4.28. The Bertz CT molecular complexity index is 806. The van der Waals surface area contributed by atoms with Crippen LogP contribution in [0.3, 0.4) is 0 Å². The maximum Gasteiger partial charge on any atom is 0.182 e. The molecule has 0 unspecified atom stereocenters. The average molecular weight is 266 g/mol. The minimum Gasteiger partial charge on any atom is -0.497 e. The van der Waals surface area contributed by atoms with Crippen LogP contribution in [0, 0.1) is 0 Å². The fraction of sp³-hybridized carbons (Fsp3) is 0.0667. The van der Waals surface area contributed by atoms with Crippen LogP contribution in [0.2, 0.25) is 0 Å². The third kappa shape index (κ3) is 1.99. The van der Waals surface area contributed by atoms with Crippen LogP contribution in [0.1, 0.15) is 0 Å². The van der Waals surface area contributed by atoms with Gasteiger partial charge in [0.15, 0.2) is 5.49 Å². The lowest BCUT2D eigenvalue weighted by molar-refractivity contribution is 0.415. The Balaban J connectivity index is 2.26. The Hall–Kier alpha value is -2.82. The molecule has 1 heterocycles. The van der Waals surface area contributed by atoms with E-state index in [0.717, 1.165) is 22.3 Å². The molecule has 2 aromatic carbocycles. The highest BCUT2D eigenvalue weighted by atomic mass is 16.5. The van der Waals surface area contributed by atoms with Gasteiger partial charge in [-0.1, -0.05) is 12.1 Å². The summed E-state index contributed by atoms with van der Waals surface area (Å²) in [6, 6.07) is 15.7. The van der Waals surface area contributed by atoms with Gasteiger partial charge in [0, 0.05) is 11.1 Å². The van der Waals surface area contributed by atoms with Gasteiger partial charge >= 0.3 is 0 Å². The van der Waals surface area contributed by atoms with Crippen LogP contribution in [0.25, 0.3) is 16.6 Å². The summed E-state index contributed by atoms with van der Waals surface area (Å²) >= 11 is 0. The number of para-hydroxylation sites is 1. The Morgan fingerprint density at radius 1 is 1.10 bits per heavy atom. The molecule has 0 saturated carbocycles. The predicted molar refractivity (Wildman–Crippen MR) is 77.4 cm³/mol. The van der Waals surface area contributed by atoms with E-state index >= 15 is 0 Å². The van der Waals surface area contributed by atoms with Gasteiger partial charge in [0.1, 0.15) is 12.1 Å². The van der Waals surface area contributed by atoms with Crippen molar-refractivity contribution in [3.63, 3.8) is 0 Å². The summed E-state index contributed by atoms with van der Waals surface area (Å²) < 4.78 is 7.16. The number of fused-ring (bicyclic) bond motifs is 1. The van der Waals surface area contributed by atoms with E-state index in [2.05, 4.69) is 10.1 Å². The van der Waals surface area contributed by atoms with E-state index in [1.807, 2.05) is 53.1 Å². The number of methoxy groups -OCH3 is 1. The number of nitrogens with two attached hydrogens (primary N) is 1. The molecule has 0 aliphatic carbocycles. The number of hydrogen-bond acceptors (Lipinski definition) is 4. The normalized spacial score (nSPS) is 11.8. The number of nitrogens with zero attached hydrogens (tertiary/aromatic N) is 3. The average Bonchev–Trinajstić information content (AvgIpc) is 2.54. The number of benzene rings is 2. The second kappa shape index (κ2) is 5.05. The van der Waals surface area contributed by atoms with Crippen molar-refractivity contribution < 1.29 is 4.74 Å². The molecule has 1 aromatic heterocycles. The van der Waals surface area contributed by atoms with E-state index in [-0.39, 0.29) is 0 Å². The minimum atomic E-state index is 0.533. The van der Waals surface area contributed by atoms with Crippen LogP contribution in [0.4, 0.5) is 0 Å². The molecule has 0 aliphatic heterocycles. The zero-order valence-electron chi connectivity index (χ0n) is 11.0. The topological polar surface area (TPSA) is 65.4 Å². The van der Waals surface area contributed by atoms with Crippen molar-refractivity contribution in [3.8, 4) is 11.4 Å². The molecule has 0 atom stereocenters. The van der Waals surface area contributed by atoms with Gasteiger partial charge < -0.3 is 15.1 Å². The van der Waals surface area contributed by atoms with Crippen molar-refractivity contribution in [1.29, 1.82) is 0 Å². The first-order valence-electron chi connectivity index (χ1n) is 6.18. The number of ether oxygens (including phenoxy) is 1. The van der Waals surface area contributed by atoms with E-state index in [1.165, 1.54) is 0 Å². The molecule has 3 rings (SSSR count). The SMILES string of the molecule is COc1ccc(-n2cn/c(=N/N)c3ccccc32)cc1. The summed E-state index contributed by atoms with van der Waals surface area (Å²) in [6.07, 6.45) is 1.72. The third-order valence-corrected chi connectivity index (χ3v) is 3.17. The summed E-state index contributed by atoms with van der Waals surface area (Å²) in [7, 11) is 1.65. The van der Waals surface area contributed by atoms with Crippen molar-refractivity contribution in [1.82, 2.24) is 9.55 Å². The van der Waals surface area contributed by atoms with Crippen molar-refractivity contribution >= 4 is 10.9 Å². The van der Waals surface area contributed by atoms with Crippen LogP contribution < -0.4 is 16.1 Å². The standard InChI is InChI=1S/C15H14N4O/c1-20-12-8-6-11(7-9-12)19-10-17-15(18-16)13-4-2-3-5-14(13)19/h2-10H,16H2,1H3/b18-15+. The molecule has 0 saturated heterocycles. The zero-order chi connectivity index (χ0) is 13.9. The second-order valence-electron chi connectivity index (χ2n) is 4.28.